The van der Waals surface area contributed by atoms with Crippen LogP contribution in [0.4, 0.5) is 0 Å². The molecule has 2 heteroatoms. The van der Waals surface area contributed by atoms with Crippen LogP contribution in [0.5, 0.6) is 0 Å². The largest absolute Gasteiger partial charge is 0.374 e. The molecule has 56 valence electrons. The highest BCUT2D eigenvalue weighted by Crippen LogP contribution is 2.21. The number of allylic oxidation sites excluding steroid dienone is 2. The molecule has 0 bridgehead atoms. The topological polar surface area (TPSA) is 0 Å². The maximum atomic E-state index is 2.46. The predicted molar refractivity (Wildman–Crippen MR) is 53.3 cm³/mol. The van der Waals surface area contributed by atoms with Crippen LogP contribution in [0, 0.1) is 0 Å². The van der Waals surface area contributed by atoms with E-state index in [-0.39, 0.29) is 37.3 Å². The molecule has 1 aliphatic carbocycles. The van der Waals surface area contributed by atoms with Gasteiger partial charge in [0.2, 0.25) is 0 Å². The molecule has 0 fully saturated rings. The van der Waals surface area contributed by atoms with E-state index < -0.39 is 0 Å². The van der Waals surface area contributed by atoms with Crippen LogP contribution in [-0.2, 0) is 0 Å². The summed E-state index contributed by atoms with van der Waals surface area (Å²) < 4.78 is 2.54. The molecule has 0 spiro atoms. The molecule has 1 unspecified atom stereocenters. The average molecular weight is 215 g/mol. The fourth-order valence-electron chi connectivity index (χ4n) is 1.49. The molecule has 0 aromatic rings. The molecule has 0 aliphatic heterocycles. The molecule has 0 heterocycles. The molecule has 0 aromatic heterocycles. The van der Waals surface area contributed by atoms with Crippen molar-refractivity contribution < 1.29 is 0 Å². The normalized spacial score (nSPS) is 23.1. The number of hydrogen-bond donors (Lipinski definition) is 0. The summed E-state index contributed by atoms with van der Waals surface area (Å²) in [6.45, 7) is 2.33. The summed E-state index contributed by atoms with van der Waals surface area (Å²) in [5.41, 5.74) is 0. The predicted octanol–water partition coefficient (Wildman–Crippen LogP) is 3.24. The van der Waals surface area contributed by atoms with Crippen molar-refractivity contribution in [2.45, 2.75) is 34.8 Å². The Morgan fingerprint density at radius 1 is 1.60 bits per heavy atom. The van der Waals surface area contributed by atoms with E-state index in [1.807, 2.05) is 0 Å². The number of rotatable bonds is 2. The lowest BCUT2D eigenvalue weighted by Crippen LogP contribution is -2.01. The molecule has 0 saturated carbocycles. The average Bonchev–Trinajstić information content (AvgIpc) is 1.91. The molecule has 0 saturated heterocycles. The Bertz CT molecular complexity index is 101. The molecule has 0 aromatic carbocycles. The first kappa shape index (κ1) is 11.0. The van der Waals surface area contributed by atoms with Crippen LogP contribution in [-0.4, -0.2) is 20.4 Å². The van der Waals surface area contributed by atoms with Gasteiger partial charge in [-0.15, -0.1) is 31.7 Å². The molecule has 0 N–H and O–H groups in total. The van der Waals surface area contributed by atoms with Gasteiger partial charge in [-0.2, -0.15) is 0 Å². The third-order valence-corrected chi connectivity index (χ3v) is 4.01. The minimum Gasteiger partial charge on any atom is -0.147 e. The van der Waals surface area contributed by atoms with E-state index in [1.54, 1.807) is 0 Å². The zero-order valence-corrected chi connectivity index (χ0v) is 9.80. The van der Waals surface area contributed by atoms with Crippen molar-refractivity contribution >= 4 is 37.3 Å². The zero-order chi connectivity index (χ0) is 6.53. The van der Waals surface area contributed by atoms with Gasteiger partial charge in [0.05, 0.1) is 0 Å². The third-order valence-electron chi connectivity index (χ3n) is 2.01. The highest BCUT2D eigenvalue weighted by atomic mass is 79.9. The second kappa shape index (κ2) is 6.68. The lowest BCUT2D eigenvalue weighted by Gasteiger charge is -2.13. The van der Waals surface area contributed by atoms with E-state index in [2.05, 4.69) is 19.1 Å². The van der Waals surface area contributed by atoms with Gasteiger partial charge in [0.25, 0.3) is 0 Å². The van der Waals surface area contributed by atoms with Crippen LogP contribution >= 0.6 is 17.0 Å². The van der Waals surface area contributed by atoms with Gasteiger partial charge in [-0.05, 0) is 6.42 Å². The van der Waals surface area contributed by atoms with Crippen LogP contribution in [0.25, 0.3) is 0 Å². The smallest absolute Gasteiger partial charge is 0.147 e. The summed E-state index contributed by atoms with van der Waals surface area (Å²) in [5.74, 6) is 0. The molecule has 0 amide bonds. The molecule has 0 nitrogen and oxygen atoms in total. The van der Waals surface area contributed by atoms with Crippen molar-refractivity contribution in [1.29, 1.82) is 0 Å². The summed E-state index contributed by atoms with van der Waals surface area (Å²) in [4.78, 5) is 0. The Hall–Kier alpha value is 0.986. The first-order chi connectivity index (χ1) is 4.43. The Morgan fingerprint density at radius 3 is 2.90 bits per heavy atom. The molecular weight excluding hydrogens is 200 g/mol. The summed E-state index contributed by atoms with van der Waals surface area (Å²) >= 11 is 0.289. The van der Waals surface area contributed by atoms with Gasteiger partial charge >= 0.3 is 20.4 Å². The van der Waals surface area contributed by atoms with E-state index in [1.165, 1.54) is 23.8 Å². The highest BCUT2D eigenvalue weighted by Gasteiger charge is 2.08. The van der Waals surface area contributed by atoms with E-state index in [0.717, 1.165) is 4.05 Å². The van der Waals surface area contributed by atoms with E-state index in [4.69, 9.17) is 0 Å². The second-order valence-corrected chi connectivity index (χ2v) is 5.53. The van der Waals surface area contributed by atoms with Crippen LogP contribution in [0.1, 0.15) is 26.2 Å². The van der Waals surface area contributed by atoms with Crippen molar-refractivity contribution in [3.05, 3.63) is 12.2 Å². The summed E-state index contributed by atoms with van der Waals surface area (Å²) in [6.07, 6.45) is 9.12. The maximum Gasteiger partial charge on any atom is 0.374 e. The van der Waals surface area contributed by atoms with Gasteiger partial charge in [0, 0.05) is 0 Å². The zero-order valence-electron chi connectivity index (χ0n) is 6.68. The Kier molecular flexibility index (Phi) is 7.34. The quantitative estimate of drug-likeness (QED) is 0.490. The molecule has 0 radical (unpaired) electrons. The summed E-state index contributed by atoms with van der Waals surface area (Å²) in [7, 11) is 0. The van der Waals surface area contributed by atoms with Crippen molar-refractivity contribution in [3.63, 3.8) is 0 Å². The van der Waals surface area contributed by atoms with Gasteiger partial charge in [-0.1, -0.05) is 25.8 Å². The Morgan fingerprint density at radius 2 is 2.40 bits per heavy atom. The summed E-state index contributed by atoms with van der Waals surface area (Å²) in [5, 5.41) is 0. The van der Waals surface area contributed by atoms with Gasteiger partial charge < -0.3 is 0 Å². The third kappa shape index (κ3) is 3.99. The van der Waals surface area contributed by atoms with Crippen molar-refractivity contribution in [2.75, 3.05) is 0 Å². The van der Waals surface area contributed by atoms with Gasteiger partial charge in [-0.25, -0.2) is 0 Å². The first-order valence-electron chi connectivity index (χ1n) is 4.10. The van der Waals surface area contributed by atoms with Crippen LogP contribution in [0.3, 0.4) is 0 Å². The van der Waals surface area contributed by atoms with Crippen molar-refractivity contribution in [2.24, 2.45) is 0 Å². The lowest BCUT2D eigenvalue weighted by atomic mass is 10.1. The van der Waals surface area contributed by atoms with Crippen LogP contribution < -0.4 is 0 Å². The van der Waals surface area contributed by atoms with E-state index in [0.29, 0.717) is 0 Å². The van der Waals surface area contributed by atoms with E-state index in [9.17, 15) is 0 Å². The fourth-order valence-corrected chi connectivity index (χ4v) is 3.20. The number of halogens is 1. The highest BCUT2D eigenvalue weighted by molar-refractivity contribution is 8.93. The molecule has 1 rings (SSSR count). The van der Waals surface area contributed by atoms with Crippen molar-refractivity contribution in [1.82, 2.24) is 0 Å². The standard InChI is InChI=1S/C6H9.C2H5.BrH.Mg/c1-2-4-6-5-3-1;1-2;;/h1-3H,4-6H2;1H2,2H3;1H;. The van der Waals surface area contributed by atoms with Crippen LogP contribution in [0.2, 0.25) is 8.60 Å². The maximum absolute atomic E-state index is 2.46. The molecular formula is C8H15BrMg. The molecule has 1 atom stereocenters. The van der Waals surface area contributed by atoms with E-state index >= 15 is 0 Å². The Labute approximate surface area is 84.0 Å². The SMILES string of the molecule is Br.C[CH2][Mg][CH]1C=CCCC1. The molecule has 10 heavy (non-hydrogen) atoms. The first-order valence-corrected chi connectivity index (χ1v) is 5.92. The monoisotopic (exact) mass is 214 g/mol. The van der Waals surface area contributed by atoms with Crippen molar-refractivity contribution in [3.8, 4) is 0 Å². The van der Waals surface area contributed by atoms with Crippen LogP contribution in [0.15, 0.2) is 12.2 Å². The number of hydrogen-bond acceptors (Lipinski definition) is 0. The lowest BCUT2D eigenvalue weighted by molar-refractivity contribution is 0.723. The fraction of sp³-hybridized carbons (Fsp3) is 0.750. The minimum atomic E-state index is 0. The minimum absolute atomic E-state index is 0. The second-order valence-electron chi connectivity index (χ2n) is 2.91. The Balaban J connectivity index is 0.000000810. The summed E-state index contributed by atoms with van der Waals surface area (Å²) in [6, 6.07) is 0. The van der Waals surface area contributed by atoms with Gasteiger partial charge in [0.1, 0.15) is 0 Å². The molecule has 1 aliphatic rings. The van der Waals surface area contributed by atoms with Gasteiger partial charge in [0.15, 0.2) is 0 Å². The van der Waals surface area contributed by atoms with Gasteiger partial charge in [-0.3, -0.25) is 0 Å².